The molecule has 1 atom stereocenters. The topological polar surface area (TPSA) is 84.2 Å². The molecule has 0 aliphatic carbocycles. The quantitative estimate of drug-likeness (QED) is 0.574. The van der Waals surface area contributed by atoms with Crippen LogP contribution in [0.25, 0.3) is 0 Å². The Bertz CT molecular complexity index is 229. The van der Waals surface area contributed by atoms with Crippen LogP contribution in [0.15, 0.2) is 0 Å². The van der Waals surface area contributed by atoms with Crippen molar-refractivity contribution in [2.75, 3.05) is 13.1 Å². The van der Waals surface area contributed by atoms with Gasteiger partial charge in [-0.05, 0) is 26.8 Å². The first-order valence-corrected chi connectivity index (χ1v) is 5.74. The van der Waals surface area contributed by atoms with Crippen molar-refractivity contribution < 1.29 is 9.59 Å². The summed E-state index contributed by atoms with van der Waals surface area (Å²) in [6.45, 7) is 6.52. The van der Waals surface area contributed by atoms with Crippen LogP contribution in [-0.2, 0) is 9.59 Å². The lowest BCUT2D eigenvalue weighted by atomic mass is 10.1. The molecule has 0 saturated heterocycles. The Kier molecular flexibility index (Phi) is 7.54. The van der Waals surface area contributed by atoms with Gasteiger partial charge in [0.05, 0.1) is 0 Å². The van der Waals surface area contributed by atoms with E-state index in [1.807, 2.05) is 20.8 Å². The number of hydrogen-bond acceptors (Lipinski definition) is 3. The van der Waals surface area contributed by atoms with Crippen molar-refractivity contribution in [1.29, 1.82) is 0 Å². The molecule has 0 saturated carbocycles. The van der Waals surface area contributed by atoms with Gasteiger partial charge in [-0.2, -0.15) is 0 Å². The largest absolute Gasteiger partial charge is 0.355 e. The van der Waals surface area contributed by atoms with E-state index in [9.17, 15) is 9.59 Å². The highest BCUT2D eigenvalue weighted by Gasteiger charge is 2.11. The van der Waals surface area contributed by atoms with Crippen LogP contribution in [0, 0.1) is 5.92 Å². The molecule has 5 heteroatoms. The fourth-order valence-electron chi connectivity index (χ4n) is 1.25. The van der Waals surface area contributed by atoms with Crippen LogP contribution in [0.2, 0.25) is 0 Å². The zero-order valence-electron chi connectivity index (χ0n) is 10.4. The minimum atomic E-state index is -0.0850. The van der Waals surface area contributed by atoms with Crippen LogP contribution in [0.3, 0.4) is 0 Å². The minimum Gasteiger partial charge on any atom is -0.355 e. The monoisotopic (exact) mass is 229 g/mol. The summed E-state index contributed by atoms with van der Waals surface area (Å²) >= 11 is 0. The Hall–Kier alpha value is -1.10. The maximum Gasteiger partial charge on any atom is 0.222 e. The van der Waals surface area contributed by atoms with Crippen LogP contribution >= 0.6 is 0 Å². The zero-order valence-corrected chi connectivity index (χ0v) is 10.4. The summed E-state index contributed by atoms with van der Waals surface area (Å²) in [6.07, 6.45) is 0.989. The summed E-state index contributed by atoms with van der Waals surface area (Å²) in [5.74, 6) is -0.164. The van der Waals surface area contributed by atoms with E-state index in [0.29, 0.717) is 25.9 Å². The summed E-state index contributed by atoms with van der Waals surface area (Å²) < 4.78 is 0. The van der Waals surface area contributed by atoms with Gasteiger partial charge in [0, 0.05) is 24.9 Å². The van der Waals surface area contributed by atoms with Gasteiger partial charge in [0.25, 0.3) is 0 Å². The maximum absolute atomic E-state index is 11.4. The highest BCUT2D eigenvalue weighted by Crippen LogP contribution is 1.99. The zero-order chi connectivity index (χ0) is 12.6. The van der Waals surface area contributed by atoms with Crippen molar-refractivity contribution in [3.05, 3.63) is 0 Å². The molecule has 0 aliphatic heterocycles. The van der Waals surface area contributed by atoms with Gasteiger partial charge < -0.3 is 16.4 Å². The van der Waals surface area contributed by atoms with Gasteiger partial charge >= 0.3 is 0 Å². The van der Waals surface area contributed by atoms with Crippen LogP contribution in [0.1, 0.15) is 33.6 Å². The van der Waals surface area contributed by atoms with Crippen molar-refractivity contribution in [3.8, 4) is 0 Å². The van der Waals surface area contributed by atoms with Gasteiger partial charge in [0.15, 0.2) is 0 Å². The van der Waals surface area contributed by atoms with Crippen molar-refractivity contribution in [3.63, 3.8) is 0 Å². The minimum absolute atomic E-state index is 0.0391. The second-order valence-corrected chi connectivity index (χ2v) is 4.24. The molecule has 0 spiro atoms. The van der Waals surface area contributed by atoms with Gasteiger partial charge in [-0.1, -0.05) is 6.92 Å². The second-order valence-electron chi connectivity index (χ2n) is 4.24. The first kappa shape index (κ1) is 14.9. The van der Waals surface area contributed by atoms with Crippen molar-refractivity contribution in [1.82, 2.24) is 10.6 Å². The van der Waals surface area contributed by atoms with E-state index < -0.39 is 0 Å². The number of nitrogens with one attached hydrogen (secondary N) is 2. The summed E-state index contributed by atoms with van der Waals surface area (Å²) in [7, 11) is 0. The first-order valence-electron chi connectivity index (χ1n) is 5.74. The highest BCUT2D eigenvalue weighted by atomic mass is 16.2. The van der Waals surface area contributed by atoms with Crippen LogP contribution < -0.4 is 16.4 Å². The van der Waals surface area contributed by atoms with E-state index >= 15 is 0 Å². The van der Waals surface area contributed by atoms with Crippen LogP contribution in [-0.4, -0.2) is 30.9 Å². The fourth-order valence-corrected chi connectivity index (χ4v) is 1.25. The van der Waals surface area contributed by atoms with E-state index in [0.717, 1.165) is 0 Å². The third-order valence-electron chi connectivity index (χ3n) is 2.15. The second kappa shape index (κ2) is 8.10. The Balaban J connectivity index is 3.65. The first-order chi connectivity index (χ1) is 7.47. The van der Waals surface area contributed by atoms with E-state index in [4.69, 9.17) is 5.73 Å². The summed E-state index contributed by atoms with van der Waals surface area (Å²) in [4.78, 5) is 22.7. The molecule has 0 rings (SSSR count). The molecule has 0 aromatic rings. The van der Waals surface area contributed by atoms with E-state index in [1.54, 1.807) is 0 Å². The van der Waals surface area contributed by atoms with Gasteiger partial charge in [-0.15, -0.1) is 0 Å². The average Bonchev–Trinajstić information content (AvgIpc) is 2.16. The third kappa shape index (κ3) is 7.23. The summed E-state index contributed by atoms with van der Waals surface area (Å²) in [5, 5.41) is 5.48. The Morgan fingerprint density at radius 3 is 2.38 bits per heavy atom. The Morgan fingerprint density at radius 2 is 1.88 bits per heavy atom. The molecule has 0 aromatic heterocycles. The lowest BCUT2D eigenvalue weighted by molar-refractivity contribution is -0.125. The molecule has 4 N–H and O–H groups in total. The molecule has 5 nitrogen and oxygen atoms in total. The molecular weight excluding hydrogens is 206 g/mol. The maximum atomic E-state index is 11.4. The number of amides is 2. The molecule has 2 amide bonds. The van der Waals surface area contributed by atoms with Gasteiger partial charge in [0.2, 0.25) is 11.8 Å². The number of nitrogens with two attached hydrogens (primary N) is 1. The van der Waals surface area contributed by atoms with Crippen molar-refractivity contribution in [2.45, 2.75) is 39.7 Å². The predicted octanol–water partition coefficient (Wildman–Crippen LogP) is 0.00220. The lowest BCUT2D eigenvalue weighted by Gasteiger charge is -2.11. The number of carbonyl (C=O) groups excluding carboxylic acids is 2. The average molecular weight is 229 g/mol. The van der Waals surface area contributed by atoms with Crippen molar-refractivity contribution >= 4 is 11.8 Å². The SMILES string of the molecule is CC(C)NC(=O)CCNC(=O)C(C)CCN. The summed E-state index contributed by atoms with van der Waals surface area (Å²) in [5.41, 5.74) is 5.35. The molecule has 0 aliphatic rings. The molecule has 1 unspecified atom stereocenters. The van der Waals surface area contributed by atoms with Gasteiger partial charge in [-0.3, -0.25) is 9.59 Å². The lowest BCUT2D eigenvalue weighted by Crippen LogP contribution is -2.36. The fraction of sp³-hybridized carbons (Fsp3) is 0.818. The number of rotatable bonds is 7. The molecule has 94 valence electrons. The van der Waals surface area contributed by atoms with Crippen LogP contribution in [0.4, 0.5) is 0 Å². The third-order valence-corrected chi connectivity index (χ3v) is 2.15. The van der Waals surface area contributed by atoms with Crippen molar-refractivity contribution in [2.24, 2.45) is 11.7 Å². The van der Waals surface area contributed by atoms with Gasteiger partial charge in [-0.25, -0.2) is 0 Å². The normalized spacial score (nSPS) is 12.3. The highest BCUT2D eigenvalue weighted by molar-refractivity contribution is 5.80. The summed E-state index contributed by atoms with van der Waals surface area (Å²) in [6, 6.07) is 0.138. The number of carbonyl (C=O) groups is 2. The van der Waals surface area contributed by atoms with Gasteiger partial charge in [0.1, 0.15) is 0 Å². The molecule has 0 bridgehead atoms. The predicted molar refractivity (Wildman–Crippen MR) is 63.7 cm³/mol. The molecule has 0 fully saturated rings. The van der Waals surface area contributed by atoms with E-state index in [1.165, 1.54) is 0 Å². The van der Waals surface area contributed by atoms with E-state index in [2.05, 4.69) is 10.6 Å². The molecule has 0 radical (unpaired) electrons. The van der Waals surface area contributed by atoms with Crippen LogP contribution in [0.5, 0.6) is 0 Å². The molecular formula is C11H23N3O2. The molecule has 0 aromatic carbocycles. The molecule has 0 heterocycles. The van der Waals surface area contributed by atoms with E-state index in [-0.39, 0.29) is 23.8 Å². The Labute approximate surface area is 97.2 Å². The molecule has 16 heavy (non-hydrogen) atoms. The smallest absolute Gasteiger partial charge is 0.222 e. The number of hydrogen-bond donors (Lipinski definition) is 3. The Morgan fingerprint density at radius 1 is 1.25 bits per heavy atom. The standard InChI is InChI=1S/C11H23N3O2/c1-8(2)14-10(15)5-7-13-11(16)9(3)4-6-12/h8-9H,4-7,12H2,1-3H3,(H,13,16)(H,14,15).